The Kier molecular flexibility index (Phi) is 6.49. The molecule has 1 aromatic rings. The van der Waals surface area contributed by atoms with Crippen LogP contribution in [0.5, 0.6) is 5.75 Å². The third kappa shape index (κ3) is 4.98. The van der Waals surface area contributed by atoms with E-state index in [1.54, 1.807) is 23.9 Å². The van der Waals surface area contributed by atoms with Gasteiger partial charge in [-0.1, -0.05) is 6.92 Å². The maximum Gasteiger partial charge on any atom is 0.311 e. The third-order valence-electron chi connectivity index (χ3n) is 2.45. The summed E-state index contributed by atoms with van der Waals surface area (Å²) in [4.78, 5) is 10.5. The first kappa shape index (κ1) is 15.6. The summed E-state index contributed by atoms with van der Waals surface area (Å²) in [5.41, 5.74) is 0.856. The van der Waals surface area contributed by atoms with Crippen LogP contribution in [-0.4, -0.2) is 29.6 Å². The SMILES string of the molecule is CCCOc1cc(NC(C)CSC)ccc1[N+](=O)[O-]. The summed E-state index contributed by atoms with van der Waals surface area (Å²) in [5.74, 6) is 1.30. The van der Waals surface area contributed by atoms with E-state index >= 15 is 0 Å². The van der Waals surface area contributed by atoms with Crippen molar-refractivity contribution < 1.29 is 9.66 Å². The predicted octanol–water partition coefficient (Wildman–Crippen LogP) is 3.55. The van der Waals surface area contributed by atoms with Gasteiger partial charge < -0.3 is 10.1 Å². The highest BCUT2D eigenvalue weighted by Gasteiger charge is 2.16. The molecular formula is C13H20N2O3S. The number of hydrogen-bond donors (Lipinski definition) is 1. The van der Waals surface area contributed by atoms with Gasteiger partial charge in [0, 0.05) is 29.6 Å². The Hall–Kier alpha value is -1.43. The van der Waals surface area contributed by atoms with Crippen LogP contribution in [0.15, 0.2) is 18.2 Å². The Bertz CT molecular complexity index is 426. The van der Waals surface area contributed by atoms with E-state index < -0.39 is 4.92 Å². The lowest BCUT2D eigenvalue weighted by Crippen LogP contribution is -2.17. The van der Waals surface area contributed by atoms with Crippen LogP contribution >= 0.6 is 11.8 Å². The van der Waals surface area contributed by atoms with Gasteiger partial charge in [-0.15, -0.1) is 0 Å². The molecule has 6 heteroatoms. The number of thioether (sulfide) groups is 1. The Morgan fingerprint density at radius 3 is 2.84 bits per heavy atom. The number of nitro groups is 1. The number of benzene rings is 1. The molecule has 1 unspecified atom stereocenters. The molecular weight excluding hydrogens is 264 g/mol. The quantitative estimate of drug-likeness (QED) is 0.584. The van der Waals surface area contributed by atoms with Gasteiger partial charge >= 0.3 is 5.69 Å². The number of nitrogens with one attached hydrogen (secondary N) is 1. The zero-order valence-corrected chi connectivity index (χ0v) is 12.3. The summed E-state index contributed by atoms with van der Waals surface area (Å²) in [7, 11) is 0. The van der Waals surface area contributed by atoms with Crippen LogP contribution in [-0.2, 0) is 0 Å². The van der Waals surface area contributed by atoms with Crippen LogP contribution in [0.2, 0.25) is 0 Å². The summed E-state index contributed by atoms with van der Waals surface area (Å²) >= 11 is 1.75. The molecule has 0 aliphatic heterocycles. The molecule has 0 aliphatic rings. The average molecular weight is 284 g/mol. The van der Waals surface area contributed by atoms with Gasteiger partial charge in [-0.2, -0.15) is 11.8 Å². The topological polar surface area (TPSA) is 64.4 Å². The van der Waals surface area contributed by atoms with E-state index in [1.807, 2.05) is 13.2 Å². The van der Waals surface area contributed by atoms with Crippen molar-refractivity contribution in [1.29, 1.82) is 0 Å². The molecule has 1 N–H and O–H groups in total. The van der Waals surface area contributed by atoms with Gasteiger partial charge in [-0.05, 0) is 25.7 Å². The van der Waals surface area contributed by atoms with Gasteiger partial charge in [0.05, 0.1) is 11.5 Å². The molecule has 0 heterocycles. The van der Waals surface area contributed by atoms with Gasteiger partial charge in [0.15, 0.2) is 5.75 Å². The molecule has 1 atom stereocenters. The van der Waals surface area contributed by atoms with Crippen molar-refractivity contribution in [2.75, 3.05) is 23.9 Å². The lowest BCUT2D eigenvalue weighted by molar-refractivity contribution is -0.385. The van der Waals surface area contributed by atoms with Crippen molar-refractivity contribution in [2.24, 2.45) is 0 Å². The van der Waals surface area contributed by atoms with E-state index in [0.717, 1.165) is 17.9 Å². The Labute approximate surface area is 117 Å². The zero-order chi connectivity index (χ0) is 14.3. The zero-order valence-electron chi connectivity index (χ0n) is 11.5. The molecule has 5 nitrogen and oxygen atoms in total. The molecule has 0 spiro atoms. The first-order chi connectivity index (χ1) is 9.08. The predicted molar refractivity (Wildman–Crippen MR) is 80.3 cm³/mol. The standard InChI is InChI=1S/C13H20N2O3S/c1-4-7-18-13-8-11(14-10(2)9-19-3)5-6-12(13)15(16)17/h5-6,8,10,14H,4,7,9H2,1-3H3. The van der Waals surface area contributed by atoms with Gasteiger partial charge in [0.1, 0.15) is 0 Å². The lowest BCUT2D eigenvalue weighted by Gasteiger charge is -2.15. The van der Waals surface area contributed by atoms with E-state index in [9.17, 15) is 10.1 Å². The summed E-state index contributed by atoms with van der Waals surface area (Å²) in [6, 6.07) is 5.20. The number of anilines is 1. The van der Waals surface area contributed by atoms with E-state index in [1.165, 1.54) is 6.07 Å². The van der Waals surface area contributed by atoms with Crippen LogP contribution in [0.1, 0.15) is 20.3 Å². The first-order valence-electron chi connectivity index (χ1n) is 6.25. The average Bonchev–Trinajstić information content (AvgIpc) is 2.36. The van der Waals surface area contributed by atoms with Crippen LogP contribution in [0.25, 0.3) is 0 Å². The molecule has 0 aromatic heterocycles. The summed E-state index contributed by atoms with van der Waals surface area (Å²) in [6.45, 7) is 4.52. The molecule has 0 radical (unpaired) electrons. The Balaban J connectivity index is 2.87. The molecule has 0 saturated heterocycles. The molecule has 19 heavy (non-hydrogen) atoms. The van der Waals surface area contributed by atoms with Crippen molar-refractivity contribution in [2.45, 2.75) is 26.3 Å². The third-order valence-corrected chi connectivity index (χ3v) is 3.28. The van der Waals surface area contributed by atoms with Crippen molar-refractivity contribution in [3.8, 4) is 5.75 Å². The van der Waals surface area contributed by atoms with Gasteiger partial charge in [-0.3, -0.25) is 10.1 Å². The Morgan fingerprint density at radius 2 is 2.26 bits per heavy atom. The van der Waals surface area contributed by atoms with Crippen LogP contribution in [0.4, 0.5) is 11.4 Å². The number of nitrogens with zero attached hydrogens (tertiary/aromatic N) is 1. The largest absolute Gasteiger partial charge is 0.487 e. The molecule has 0 fully saturated rings. The van der Waals surface area contributed by atoms with Gasteiger partial charge in [-0.25, -0.2) is 0 Å². The fourth-order valence-corrected chi connectivity index (χ4v) is 2.24. The van der Waals surface area contributed by atoms with E-state index in [4.69, 9.17) is 4.74 Å². The smallest absolute Gasteiger partial charge is 0.311 e. The fraction of sp³-hybridized carbons (Fsp3) is 0.538. The minimum Gasteiger partial charge on any atom is -0.487 e. The second-order valence-corrected chi connectivity index (χ2v) is 5.20. The van der Waals surface area contributed by atoms with Crippen LogP contribution < -0.4 is 10.1 Å². The van der Waals surface area contributed by atoms with Crippen molar-refractivity contribution in [3.05, 3.63) is 28.3 Å². The lowest BCUT2D eigenvalue weighted by atomic mass is 10.2. The van der Waals surface area contributed by atoms with Crippen molar-refractivity contribution in [3.63, 3.8) is 0 Å². The summed E-state index contributed by atoms with van der Waals surface area (Å²) in [6.07, 6.45) is 2.86. The molecule has 0 amide bonds. The minimum absolute atomic E-state index is 0.0107. The number of ether oxygens (including phenoxy) is 1. The van der Waals surface area contributed by atoms with Crippen molar-refractivity contribution in [1.82, 2.24) is 0 Å². The minimum atomic E-state index is -0.417. The maximum absolute atomic E-state index is 10.9. The summed E-state index contributed by atoms with van der Waals surface area (Å²) < 4.78 is 5.44. The molecule has 106 valence electrons. The normalized spacial score (nSPS) is 11.9. The van der Waals surface area contributed by atoms with E-state index in [2.05, 4.69) is 12.2 Å². The van der Waals surface area contributed by atoms with E-state index in [-0.39, 0.29) is 5.69 Å². The fourth-order valence-electron chi connectivity index (χ4n) is 1.66. The van der Waals surface area contributed by atoms with E-state index in [0.29, 0.717) is 18.4 Å². The number of nitro benzene ring substituents is 1. The molecule has 0 aliphatic carbocycles. The Morgan fingerprint density at radius 1 is 1.53 bits per heavy atom. The van der Waals surface area contributed by atoms with Crippen LogP contribution in [0, 0.1) is 10.1 Å². The molecule has 1 rings (SSSR count). The first-order valence-corrected chi connectivity index (χ1v) is 7.64. The molecule has 1 aromatic carbocycles. The maximum atomic E-state index is 10.9. The second-order valence-electron chi connectivity index (χ2n) is 4.29. The number of hydrogen-bond acceptors (Lipinski definition) is 5. The number of rotatable bonds is 8. The summed E-state index contributed by atoms with van der Waals surface area (Å²) in [5, 5.41) is 14.2. The second kappa shape index (κ2) is 7.89. The highest BCUT2D eigenvalue weighted by atomic mass is 32.2. The van der Waals surface area contributed by atoms with Crippen LogP contribution in [0.3, 0.4) is 0 Å². The van der Waals surface area contributed by atoms with Crippen molar-refractivity contribution >= 4 is 23.1 Å². The van der Waals surface area contributed by atoms with Gasteiger partial charge in [0.2, 0.25) is 0 Å². The molecule has 0 saturated carbocycles. The molecule has 0 bridgehead atoms. The van der Waals surface area contributed by atoms with Gasteiger partial charge in [0.25, 0.3) is 0 Å². The monoisotopic (exact) mass is 284 g/mol. The highest BCUT2D eigenvalue weighted by molar-refractivity contribution is 7.98. The highest BCUT2D eigenvalue weighted by Crippen LogP contribution is 2.30.